The van der Waals surface area contributed by atoms with Crippen molar-refractivity contribution in [3.8, 4) is 0 Å². The van der Waals surface area contributed by atoms with Crippen LogP contribution in [-0.4, -0.2) is 31.4 Å². The van der Waals surface area contributed by atoms with Crippen molar-refractivity contribution < 1.29 is 18.0 Å². The van der Waals surface area contributed by atoms with Crippen LogP contribution in [0.2, 0.25) is 5.02 Å². The third kappa shape index (κ3) is 4.37. The number of hydrogen-bond acceptors (Lipinski definition) is 5. The SMILES string of the molecule is CCCn1c2ccccc2c2nnc(SCC(=O)Nc3c(Cl)cccc3C(F)(F)F)nc21. The molecule has 0 bridgehead atoms. The molecule has 4 aromatic rings. The third-order valence-corrected chi connectivity index (χ3v) is 5.87. The summed E-state index contributed by atoms with van der Waals surface area (Å²) in [4.78, 5) is 16.9. The topological polar surface area (TPSA) is 72.7 Å². The van der Waals surface area contributed by atoms with E-state index < -0.39 is 23.3 Å². The molecule has 2 heterocycles. The molecule has 166 valence electrons. The molecular weight excluding hydrogens is 463 g/mol. The summed E-state index contributed by atoms with van der Waals surface area (Å²) in [7, 11) is 0. The lowest BCUT2D eigenvalue weighted by Crippen LogP contribution is -2.18. The van der Waals surface area contributed by atoms with E-state index in [0.717, 1.165) is 41.7 Å². The normalized spacial score (nSPS) is 11.9. The predicted octanol–water partition coefficient (Wildman–Crippen LogP) is 5.79. The number of halogens is 4. The average molecular weight is 480 g/mol. The van der Waals surface area contributed by atoms with E-state index in [1.54, 1.807) is 0 Å². The van der Waals surface area contributed by atoms with Gasteiger partial charge >= 0.3 is 6.18 Å². The van der Waals surface area contributed by atoms with Gasteiger partial charge in [-0.3, -0.25) is 4.79 Å². The van der Waals surface area contributed by atoms with E-state index in [1.807, 2.05) is 28.8 Å². The number of nitrogens with one attached hydrogen (secondary N) is 1. The molecule has 1 amide bonds. The Balaban J connectivity index is 1.56. The van der Waals surface area contributed by atoms with Gasteiger partial charge in [-0.1, -0.05) is 54.6 Å². The van der Waals surface area contributed by atoms with Crippen LogP contribution in [-0.2, 0) is 17.5 Å². The van der Waals surface area contributed by atoms with Crippen LogP contribution in [0.4, 0.5) is 18.9 Å². The van der Waals surface area contributed by atoms with Gasteiger partial charge in [-0.05, 0) is 24.6 Å². The Bertz CT molecular complexity index is 1310. The summed E-state index contributed by atoms with van der Waals surface area (Å²) in [6, 6.07) is 11.1. The molecule has 6 nitrogen and oxygen atoms in total. The molecule has 4 rings (SSSR count). The Labute approximate surface area is 190 Å². The summed E-state index contributed by atoms with van der Waals surface area (Å²) in [6.45, 7) is 2.79. The summed E-state index contributed by atoms with van der Waals surface area (Å²) in [5, 5.41) is 11.6. The number of rotatable bonds is 6. The average Bonchev–Trinajstić information content (AvgIpc) is 3.06. The minimum absolute atomic E-state index is 0.193. The highest BCUT2D eigenvalue weighted by atomic mass is 35.5. The van der Waals surface area contributed by atoms with Crippen molar-refractivity contribution in [3.05, 3.63) is 53.1 Å². The molecule has 0 spiro atoms. The van der Waals surface area contributed by atoms with Crippen molar-refractivity contribution in [3.63, 3.8) is 0 Å². The fraction of sp³-hybridized carbons (Fsp3) is 0.238. The van der Waals surface area contributed by atoms with Gasteiger partial charge in [0.25, 0.3) is 0 Å². The van der Waals surface area contributed by atoms with E-state index in [4.69, 9.17) is 11.6 Å². The summed E-state index contributed by atoms with van der Waals surface area (Å²) in [5.74, 6) is -0.865. The Morgan fingerprint density at radius 3 is 2.69 bits per heavy atom. The molecule has 0 aliphatic heterocycles. The lowest BCUT2D eigenvalue weighted by molar-refractivity contribution is -0.137. The molecule has 32 heavy (non-hydrogen) atoms. The van der Waals surface area contributed by atoms with Gasteiger partial charge in [-0.25, -0.2) is 4.98 Å². The van der Waals surface area contributed by atoms with Crippen molar-refractivity contribution in [2.75, 3.05) is 11.1 Å². The number of thioether (sulfide) groups is 1. The van der Waals surface area contributed by atoms with E-state index >= 15 is 0 Å². The number of benzene rings is 2. The molecule has 0 aliphatic carbocycles. The van der Waals surface area contributed by atoms with Crippen LogP contribution < -0.4 is 5.32 Å². The first-order valence-corrected chi connectivity index (χ1v) is 11.1. The maximum atomic E-state index is 13.2. The fourth-order valence-corrected chi connectivity index (χ4v) is 4.20. The minimum atomic E-state index is -4.65. The maximum absolute atomic E-state index is 13.2. The second-order valence-electron chi connectivity index (χ2n) is 6.93. The molecule has 0 radical (unpaired) electrons. The van der Waals surface area contributed by atoms with Crippen molar-refractivity contribution >= 4 is 57.0 Å². The smallest absolute Gasteiger partial charge is 0.324 e. The molecule has 0 atom stereocenters. The molecule has 1 N–H and O–H groups in total. The Morgan fingerprint density at radius 2 is 1.94 bits per heavy atom. The second kappa shape index (κ2) is 8.95. The number of alkyl halides is 3. The van der Waals surface area contributed by atoms with E-state index in [9.17, 15) is 18.0 Å². The monoisotopic (exact) mass is 479 g/mol. The number of aryl methyl sites for hydroxylation is 1. The zero-order chi connectivity index (χ0) is 22.9. The van der Waals surface area contributed by atoms with Gasteiger partial charge in [0.15, 0.2) is 5.65 Å². The van der Waals surface area contributed by atoms with Gasteiger partial charge < -0.3 is 9.88 Å². The lowest BCUT2D eigenvalue weighted by Gasteiger charge is -2.14. The highest BCUT2D eigenvalue weighted by molar-refractivity contribution is 7.99. The largest absolute Gasteiger partial charge is 0.418 e. The molecule has 11 heteroatoms. The summed E-state index contributed by atoms with van der Waals surface area (Å²) in [5.41, 5.74) is 0.825. The molecule has 2 aromatic carbocycles. The van der Waals surface area contributed by atoms with Gasteiger partial charge in [-0.2, -0.15) is 13.2 Å². The molecule has 0 fully saturated rings. The van der Waals surface area contributed by atoms with E-state index in [2.05, 4.69) is 27.4 Å². The van der Waals surface area contributed by atoms with Crippen molar-refractivity contribution in [2.45, 2.75) is 31.2 Å². The minimum Gasteiger partial charge on any atom is -0.324 e. The number of fused-ring (bicyclic) bond motifs is 3. The Morgan fingerprint density at radius 1 is 1.16 bits per heavy atom. The van der Waals surface area contributed by atoms with Gasteiger partial charge in [0.2, 0.25) is 11.1 Å². The van der Waals surface area contributed by atoms with E-state index in [1.165, 1.54) is 12.1 Å². The number of para-hydroxylation sites is 2. The van der Waals surface area contributed by atoms with Gasteiger partial charge in [0, 0.05) is 11.9 Å². The van der Waals surface area contributed by atoms with Gasteiger partial charge in [0.1, 0.15) is 5.52 Å². The third-order valence-electron chi connectivity index (χ3n) is 4.72. The zero-order valence-electron chi connectivity index (χ0n) is 16.8. The first-order chi connectivity index (χ1) is 15.3. The highest BCUT2D eigenvalue weighted by Crippen LogP contribution is 2.38. The molecule has 0 saturated carbocycles. The van der Waals surface area contributed by atoms with Crippen molar-refractivity contribution in [2.24, 2.45) is 0 Å². The van der Waals surface area contributed by atoms with E-state index in [0.29, 0.717) is 11.2 Å². The van der Waals surface area contributed by atoms with Crippen LogP contribution in [0.15, 0.2) is 47.6 Å². The zero-order valence-corrected chi connectivity index (χ0v) is 18.4. The Kier molecular flexibility index (Phi) is 6.25. The van der Waals surface area contributed by atoms with Crippen LogP contribution in [0, 0.1) is 0 Å². The number of nitrogens with zero attached hydrogens (tertiary/aromatic N) is 4. The number of carbonyl (C=O) groups excluding carboxylic acids is 1. The summed E-state index contributed by atoms with van der Waals surface area (Å²) in [6.07, 6.45) is -3.76. The summed E-state index contributed by atoms with van der Waals surface area (Å²) >= 11 is 6.87. The first-order valence-electron chi connectivity index (χ1n) is 9.69. The number of anilines is 1. The number of hydrogen-bond donors (Lipinski definition) is 1. The van der Waals surface area contributed by atoms with Crippen molar-refractivity contribution in [1.82, 2.24) is 19.7 Å². The predicted molar refractivity (Wildman–Crippen MR) is 119 cm³/mol. The molecular formula is C21H17ClF3N5OS. The van der Waals surface area contributed by atoms with Crippen LogP contribution in [0.5, 0.6) is 0 Å². The van der Waals surface area contributed by atoms with Gasteiger partial charge in [0.05, 0.1) is 27.5 Å². The molecule has 0 aliphatic rings. The van der Waals surface area contributed by atoms with Crippen LogP contribution >= 0.6 is 23.4 Å². The van der Waals surface area contributed by atoms with Crippen LogP contribution in [0.1, 0.15) is 18.9 Å². The number of carbonyl (C=O) groups is 1. The van der Waals surface area contributed by atoms with Crippen LogP contribution in [0.25, 0.3) is 22.1 Å². The number of aromatic nitrogens is 4. The second-order valence-corrected chi connectivity index (χ2v) is 8.28. The fourth-order valence-electron chi connectivity index (χ4n) is 3.39. The molecule has 2 aromatic heterocycles. The lowest BCUT2D eigenvalue weighted by atomic mass is 10.1. The first kappa shape index (κ1) is 22.3. The molecule has 0 saturated heterocycles. The summed E-state index contributed by atoms with van der Waals surface area (Å²) < 4.78 is 41.7. The highest BCUT2D eigenvalue weighted by Gasteiger charge is 2.34. The standard InChI is InChI=1S/C21H17ClF3N5OS/c1-2-10-30-15-9-4-3-6-12(15)17-19(30)27-20(29-28-17)32-11-16(31)26-18-13(21(23,24)25)7-5-8-14(18)22/h3-9H,2,10-11H2,1H3,(H,26,31). The van der Waals surface area contributed by atoms with Gasteiger partial charge in [-0.15, -0.1) is 10.2 Å². The number of amides is 1. The van der Waals surface area contributed by atoms with Crippen LogP contribution in [0.3, 0.4) is 0 Å². The van der Waals surface area contributed by atoms with E-state index in [-0.39, 0.29) is 15.9 Å². The Hall–Kier alpha value is -2.85. The molecule has 0 unspecified atom stereocenters. The van der Waals surface area contributed by atoms with Crippen molar-refractivity contribution in [1.29, 1.82) is 0 Å². The quantitative estimate of drug-likeness (QED) is 0.354. The maximum Gasteiger partial charge on any atom is 0.418 e.